The number of piperidine rings is 2. The fraction of sp³-hybridized carbons (Fsp3) is 0.476. The lowest BCUT2D eigenvalue weighted by atomic mass is 9.83. The van der Waals surface area contributed by atoms with Crippen molar-refractivity contribution in [2.75, 3.05) is 25.0 Å². The molecule has 0 bridgehead atoms. The number of carbonyl (C=O) groups is 1. The van der Waals surface area contributed by atoms with Crippen molar-refractivity contribution in [2.24, 2.45) is 5.92 Å². The molecule has 1 aromatic carbocycles. The van der Waals surface area contributed by atoms with E-state index >= 15 is 0 Å². The van der Waals surface area contributed by atoms with E-state index in [9.17, 15) is 4.79 Å². The third-order valence-electron chi connectivity index (χ3n) is 5.72. The highest BCUT2D eigenvalue weighted by atomic mass is 16.1. The lowest BCUT2D eigenvalue weighted by molar-refractivity contribution is 0.0575. The van der Waals surface area contributed by atoms with E-state index in [4.69, 9.17) is 0 Å². The Bertz CT molecular complexity index is 747. The zero-order valence-corrected chi connectivity index (χ0v) is 15.6. The van der Waals surface area contributed by atoms with E-state index in [0.29, 0.717) is 23.5 Å². The lowest BCUT2D eigenvalue weighted by Gasteiger charge is -2.44. The number of benzene rings is 1. The van der Waals surface area contributed by atoms with Crippen LogP contribution in [0.2, 0.25) is 0 Å². The summed E-state index contributed by atoms with van der Waals surface area (Å²) in [6, 6.07) is 9.88. The van der Waals surface area contributed by atoms with Gasteiger partial charge in [0.2, 0.25) is 5.95 Å². The Kier molecular flexibility index (Phi) is 5.63. The number of anilines is 2. The SMILES string of the molecule is O=C(NC[C@H]1CCCN2CCCC[C@@H]12)c1ccc(Nc2ncccn2)cc1. The molecule has 1 aromatic heterocycles. The van der Waals surface area contributed by atoms with Gasteiger partial charge in [-0.3, -0.25) is 4.79 Å². The van der Waals surface area contributed by atoms with Gasteiger partial charge >= 0.3 is 0 Å². The van der Waals surface area contributed by atoms with Crippen molar-refractivity contribution in [2.45, 2.75) is 38.1 Å². The van der Waals surface area contributed by atoms with Crippen molar-refractivity contribution < 1.29 is 4.79 Å². The van der Waals surface area contributed by atoms with E-state index in [1.54, 1.807) is 18.5 Å². The largest absolute Gasteiger partial charge is 0.352 e. The van der Waals surface area contributed by atoms with Gasteiger partial charge in [0.15, 0.2) is 0 Å². The maximum Gasteiger partial charge on any atom is 0.251 e. The van der Waals surface area contributed by atoms with Crippen LogP contribution in [0.4, 0.5) is 11.6 Å². The smallest absolute Gasteiger partial charge is 0.251 e. The van der Waals surface area contributed by atoms with Crippen molar-refractivity contribution in [3.05, 3.63) is 48.3 Å². The Morgan fingerprint density at radius 3 is 2.63 bits per heavy atom. The summed E-state index contributed by atoms with van der Waals surface area (Å²) in [5, 5.41) is 6.29. The molecule has 1 amide bonds. The van der Waals surface area contributed by atoms with E-state index in [2.05, 4.69) is 25.5 Å². The standard InChI is InChI=1S/C21H27N5O/c27-20(24-15-17-5-3-14-26-13-2-1-6-19(17)26)16-7-9-18(10-8-16)25-21-22-11-4-12-23-21/h4,7-12,17,19H,1-3,5-6,13-15H2,(H,24,27)(H,22,23,25)/t17-,19+/m1/s1. The van der Waals surface area contributed by atoms with Gasteiger partial charge in [0.25, 0.3) is 5.91 Å². The normalized spacial score (nSPS) is 22.7. The van der Waals surface area contributed by atoms with Gasteiger partial charge in [-0.05, 0) is 75.0 Å². The van der Waals surface area contributed by atoms with Crippen molar-refractivity contribution >= 4 is 17.5 Å². The van der Waals surface area contributed by atoms with Crippen LogP contribution in [0, 0.1) is 5.92 Å². The van der Waals surface area contributed by atoms with Gasteiger partial charge in [-0.15, -0.1) is 0 Å². The molecule has 0 radical (unpaired) electrons. The second-order valence-corrected chi connectivity index (χ2v) is 7.49. The number of rotatable bonds is 5. The first kappa shape index (κ1) is 17.9. The first-order valence-electron chi connectivity index (χ1n) is 9.96. The lowest BCUT2D eigenvalue weighted by Crippen LogP contribution is -2.51. The molecule has 0 aliphatic carbocycles. The van der Waals surface area contributed by atoms with Gasteiger partial charge in [-0.1, -0.05) is 6.42 Å². The molecule has 2 aliphatic rings. The van der Waals surface area contributed by atoms with Gasteiger partial charge in [-0.25, -0.2) is 9.97 Å². The maximum absolute atomic E-state index is 12.5. The van der Waals surface area contributed by atoms with Crippen molar-refractivity contribution in [3.63, 3.8) is 0 Å². The monoisotopic (exact) mass is 365 g/mol. The molecule has 142 valence electrons. The highest BCUT2D eigenvalue weighted by molar-refractivity contribution is 5.94. The molecule has 0 spiro atoms. The fourth-order valence-electron chi connectivity index (χ4n) is 4.34. The second-order valence-electron chi connectivity index (χ2n) is 7.49. The van der Waals surface area contributed by atoms with E-state index < -0.39 is 0 Å². The van der Waals surface area contributed by atoms with Crippen LogP contribution in [-0.2, 0) is 0 Å². The molecule has 27 heavy (non-hydrogen) atoms. The van der Waals surface area contributed by atoms with Crippen LogP contribution in [-0.4, -0.2) is 46.5 Å². The number of hydrogen-bond donors (Lipinski definition) is 2. The van der Waals surface area contributed by atoms with Crippen LogP contribution in [0.3, 0.4) is 0 Å². The Balaban J connectivity index is 1.31. The summed E-state index contributed by atoms with van der Waals surface area (Å²) < 4.78 is 0. The minimum absolute atomic E-state index is 0.00504. The van der Waals surface area contributed by atoms with Crippen LogP contribution in [0.15, 0.2) is 42.7 Å². The molecule has 2 fully saturated rings. The van der Waals surface area contributed by atoms with Crippen LogP contribution in [0.1, 0.15) is 42.5 Å². The van der Waals surface area contributed by atoms with Gasteiger partial charge in [0.05, 0.1) is 0 Å². The van der Waals surface area contributed by atoms with Gasteiger partial charge in [-0.2, -0.15) is 0 Å². The quantitative estimate of drug-likeness (QED) is 0.851. The average Bonchev–Trinajstić information content (AvgIpc) is 2.73. The Labute approximate surface area is 160 Å². The first-order chi connectivity index (χ1) is 13.3. The number of nitrogens with zero attached hydrogens (tertiary/aromatic N) is 3. The summed E-state index contributed by atoms with van der Waals surface area (Å²) in [5.41, 5.74) is 1.55. The number of aromatic nitrogens is 2. The maximum atomic E-state index is 12.5. The molecule has 2 atom stereocenters. The molecule has 3 heterocycles. The second kappa shape index (κ2) is 8.48. The van der Waals surface area contributed by atoms with Crippen molar-refractivity contribution in [1.29, 1.82) is 0 Å². The number of nitrogens with one attached hydrogen (secondary N) is 2. The van der Waals surface area contributed by atoms with Crippen molar-refractivity contribution in [3.8, 4) is 0 Å². The summed E-state index contributed by atoms with van der Waals surface area (Å²) in [4.78, 5) is 23.5. The summed E-state index contributed by atoms with van der Waals surface area (Å²) in [6.45, 7) is 3.24. The number of fused-ring (bicyclic) bond motifs is 1. The Hall–Kier alpha value is -2.47. The molecular formula is C21H27N5O. The van der Waals surface area contributed by atoms with Gasteiger partial charge in [0.1, 0.15) is 0 Å². The van der Waals surface area contributed by atoms with E-state index in [1.807, 2.05) is 24.3 Å². The third kappa shape index (κ3) is 4.45. The molecular weight excluding hydrogens is 338 g/mol. The zero-order chi connectivity index (χ0) is 18.5. The Morgan fingerprint density at radius 1 is 1.04 bits per heavy atom. The summed E-state index contributed by atoms with van der Waals surface area (Å²) >= 11 is 0. The van der Waals surface area contributed by atoms with Crippen LogP contribution in [0.25, 0.3) is 0 Å². The summed E-state index contributed by atoms with van der Waals surface area (Å²) in [6.07, 6.45) is 9.78. The number of amides is 1. The predicted octanol–water partition coefficient (Wildman–Crippen LogP) is 3.21. The molecule has 6 heteroatoms. The minimum Gasteiger partial charge on any atom is -0.352 e. The van der Waals surface area contributed by atoms with Crippen LogP contribution in [0.5, 0.6) is 0 Å². The minimum atomic E-state index is 0.00504. The van der Waals surface area contributed by atoms with Crippen molar-refractivity contribution in [1.82, 2.24) is 20.2 Å². The molecule has 6 nitrogen and oxygen atoms in total. The van der Waals surface area contributed by atoms with E-state index in [1.165, 1.54) is 45.2 Å². The highest BCUT2D eigenvalue weighted by Crippen LogP contribution is 2.30. The average molecular weight is 365 g/mol. The number of hydrogen-bond acceptors (Lipinski definition) is 5. The third-order valence-corrected chi connectivity index (χ3v) is 5.72. The van der Waals surface area contributed by atoms with Gasteiger partial charge < -0.3 is 15.5 Å². The van der Waals surface area contributed by atoms with Crippen LogP contribution < -0.4 is 10.6 Å². The van der Waals surface area contributed by atoms with E-state index in [0.717, 1.165) is 12.2 Å². The predicted molar refractivity (Wildman–Crippen MR) is 106 cm³/mol. The molecule has 2 aromatic rings. The topological polar surface area (TPSA) is 70.2 Å². The number of carbonyl (C=O) groups excluding carboxylic acids is 1. The zero-order valence-electron chi connectivity index (χ0n) is 15.6. The Morgan fingerprint density at radius 2 is 1.81 bits per heavy atom. The molecule has 0 unspecified atom stereocenters. The molecule has 0 saturated carbocycles. The molecule has 2 aliphatic heterocycles. The molecule has 2 N–H and O–H groups in total. The summed E-state index contributed by atoms with van der Waals surface area (Å²) in [7, 11) is 0. The van der Waals surface area contributed by atoms with Gasteiger partial charge in [0, 0.05) is 36.2 Å². The fourth-order valence-corrected chi connectivity index (χ4v) is 4.34. The van der Waals surface area contributed by atoms with Crippen LogP contribution >= 0.6 is 0 Å². The molecule has 2 saturated heterocycles. The van der Waals surface area contributed by atoms with E-state index in [-0.39, 0.29) is 5.91 Å². The highest BCUT2D eigenvalue weighted by Gasteiger charge is 2.32. The summed E-state index contributed by atoms with van der Waals surface area (Å²) in [5.74, 6) is 1.13. The first-order valence-corrected chi connectivity index (χ1v) is 9.96. The molecule has 4 rings (SSSR count).